The standard InChI is InChI=1S/C17H14Cl2N4O/c18-14-6-5-11(7-15(14)19)9-23-10-12(8-21-22-17(20)24)13-3-1-2-4-16(13)23/h1-8,10H,9H2,(H3,20,22,24)/b21-8-. The van der Waals surface area contributed by atoms with E-state index in [0.717, 1.165) is 22.0 Å². The average Bonchev–Trinajstić information content (AvgIpc) is 2.89. The maximum absolute atomic E-state index is 10.7. The summed E-state index contributed by atoms with van der Waals surface area (Å²) >= 11 is 12.1. The highest BCUT2D eigenvalue weighted by Crippen LogP contribution is 2.25. The average molecular weight is 361 g/mol. The Labute approximate surface area is 148 Å². The van der Waals surface area contributed by atoms with Gasteiger partial charge in [-0.3, -0.25) is 0 Å². The molecule has 2 aromatic carbocycles. The monoisotopic (exact) mass is 360 g/mol. The summed E-state index contributed by atoms with van der Waals surface area (Å²) in [5, 5.41) is 5.91. The maximum atomic E-state index is 10.7. The Hall–Kier alpha value is -2.50. The zero-order valence-corrected chi connectivity index (χ0v) is 14.1. The van der Waals surface area contributed by atoms with E-state index in [-0.39, 0.29) is 0 Å². The molecule has 0 saturated carbocycles. The van der Waals surface area contributed by atoms with E-state index in [1.165, 1.54) is 0 Å². The number of amides is 2. The van der Waals surface area contributed by atoms with Crippen LogP contribution in [0.4, 0.5) is 4.79 Å². The van der Waals surface area contributed by atoms with Crippen molar-refractivity contribution in [2.75, 3.05) is 0 Å². The van der Waals surface area contributed by atoms with Gasteiger partial charge in [0.2, 0.25) is 0 Å². The van der Waals surface area contributed by atoms with Crippen LogP contribution in [0.15, 0.2) is 53.8 Å². The van der Waals surface area contributed by atoms with Gasteiger partial charge in [-0.1, -0.05) is 47.5 Å². The Bertz CT molecular complexity index is 933. The fourth-order valence-electron chi connectivity index (χ4n) is 2.51. The van der Waals surface area contributed by atoms with Crippen molar-refractivity contribution in [1.29, 1.82) is 0 Å². The van der Waals surface area contributed by atoms with Crippen molar-refractivity contribution in [2.45, 2.75) is 6.54 Å². The maximum Gasteiger partial charge on any atom is 0.332 e. The number of para-hydroxylation sites is 1. The molecule has 24 heavy (non-hydrogen) atoms. The molecule has 0 spiro atoms. The molecule has 1 aromatic heterocycles. The lowest BCUT2D eigenvalue weighted by Crippen LogP contribution is -2.24. The van der Waals surface area contributed by atoms with Crippen molar-refractivity contribution in [3.8, 4) is 0 Å². The summed E-state index contributed by atoms with van der Waals surface area (Å²) in [6.07, 6.45) is 3.53. The van der Waals surface area contributed by atoms with Gasteiger partial charge in [0, 0.05) is 29.2 Å². The van der Waals surface area contributed by atoms with E-state index in [2.05, 4.69) is 15.1 Å². The highest BCUT2D eigenvalue weighted by molar-refractivity contribution is 6.42. The Morgan fingerprint density at radius 3 is 2.75 bits per heavy atom. The zero-order chi connectivity index (χ0) is 17.1. The number of carbonyl (C=O) groups is 1. The molecule has 5 nitrogen and oxygen atoms in total. The number of carbonyl (C=O) groups excluding carboxylic acids is 1. The number of rotatable bonds is 4. The normalized spacial score (nSPS) is 11.2. The molecular weight excluding hydrogens is 347 g/mol. The first kappa shape index (κ1) is 16.4. The lowest BCUT2D eigenvalue weighted by atomic mass is 10.2. The van der Waals surface area contributed by atoms with Gasteiger partial charge >= 0.3 is 6.03 Å². The van der Waals surface area contributed by atoms with Crippen molar-refractivity contribution in [3.63, 3.8) is 0 Å². The second-order valence-corrected chi connectivity index (χ2v) is 6.03. The fraction of sp³-hybridized carbons (Fsp3) is 0.0588. The van der Waals surface area contributed by atoms with Crippen molar-refractivity contribution in [2.24, 2.45) is 10.8 Å². The number of nitrogens with two attached hydrogens (primary N) is 1. The van der Waals surface area contributed by atoms with Gasteiger partial charge in [-0.05, 0) is 23.8 Å². The smallest absolute Gasteiger partial charge is 0.332 e. The molecule has 0 aliphatic heterocycles. The number of halogens is 2. The molecule has 0 fully saturated rings. The molecule has 3 aromatic rings. The van der Waals surface area contributed by atoms with Crippen molar-refractivity contribution >= 4 is 46.4 Å². The molecule has 0 saturated heterocycles. The zero-order valence-electron chi connectivity index (χ0n) is 12.5. The van der Waals surface area contributed by atoms with Gasteiger partial charge in [-0.2, -0.15) is 5.10 Å². The molecule has 3 N–H and O–H groups in total. The van der Waals surface area contributed by atoms with Crippen LogP contribution in [0.25, 0.3) is 10.9 Å². The number of hydrazone groups is 1. The van der Waals surface area contributed by atoms with E-state index in [9.17, 15) is 4.79 Å². The number of urea groups is 1. The van der Waals surface area contributed by atoms with Gasteiger partial charge in [-0.15, -0.1) is 0 Å². The third-order valence-corrected chi connectivity index (χ3v) is 4.27. The van der Waals surface area contributed by atoms with Crippen LogP contribution >= 0.6 is 23.2 Å². The minimum absolute atomic E-state index is 0.526. The van der Waals surface area contributed by atoms with E-state index in [0.29, 0.717) is 16.6 Å². The lowest BCUT2D eigenvalue weighted by Gasteiger charge is -2.06. The Morgan fingerprint density at radius 1 is 1.21 bits per heavy atom. The number of nitrogens with one attached hydrogen (secondary N) is 1. The van der Waals surface area contributed by atoms with Crippen molar-refractivity contribution in [1.82, 2.24) is 9.99 Å². The third kappa shape index (κ3) is 3.53. The summed E-state index contributed by atoms with van der Waals surface area (Å²) in [7, 11) is 0. The highest BCUT2D eigenvalue weighted by Gasteiger charge is 2.08. The van der Waals surface area contributed by atoms with Crippen LogP contribution in [0.1, 0.15) is 11.1 Å². The molecule has 122 valence electrons. The van der Waals surface area contributed by atoms with E-state index in [4.69, 9.17) is 28.9 Å². The number of hydrogen-bond acceptors (Lipinski definition) is 2. The van der Waals surface area contributed by atoms with Crippen LogP contribution in [0.2, 0.25) is 10.0 Å². The second kappa shape index (κ2) is 6.95. The van der Waals surface area contributed by atoms with Gasteiger partial charge in [-0.25, -0.2) is 10.2 Å². The number of nitrogens with zero attached hydrogens (tertiary/aromatic N) is 2. The van der Waals surface area contributed by atoms with Crippen LogP contribution in [0, 0.1) is 0 Å². The largest absolute Gasteiger partial charge is 0.350 e. The highest BCUT2D eigenvalue weighted by atomic mass is 35.5. The Balaban J connectivity index is 1.97. The minimum Gasteiger partial charge on any atom is -0.350 e. The van der Waals surface area contributed by atoms with Gasteiger partial charge in [0.25, 0.3) is 0 Å². The summed E-state index contributed by atoms with van der Waals surface area (Å²) < 4.78 is 2.08. The predicted molar refractivity (Wildman–Crippen MR) is 97.8 cm³/mol. The number of hydrogen-bond donors (Lipinski definition) is 2. The molecule has 7 heteroatoms. The first-order valence-electron chi connectivity index (χ1n) is 7.15. The quantitative estimate of drug-likeness (QED) is 0.535. The summed E-state index contributed by atoms with van der Waals surface area (Å²) in [5.74, 6) is 0. The summed E-state index contributed by atoms with van der Waals surface area (Å²) in [6, 6.07) is 12.8. The SMILES string of the molecule is NC(=O)N/N=C\c1cn(Cc2ccc(Cl)c(Cl)c2)c2ccccc12. The summed E-state index contributed by atoms with van der Waals surface area (Å²) in [5.41, 5.74) is 10.2. The van der Waals surface area contributed by atoms with E-state index >= 15 is 0 Å². The van der Waals surface area contributed by atoms with Crippen LogP contribution in [-0.2, 0) is 6.54 Å². The van der Waals surface area contributed by atoms with Crippen LogP contribution in [-0.4, -0.2) is 16.8 Å². The molecule has 0 aliphatic carbocycles. The van der Waals surface area contributed by atoms with Crippen molar-refractivity contribution in [3.05, 3.63) is 69.8 Å². The van der Waals surface area contributed by atoms with E-state index in [1.807, 2.05) is 42.6 Å². The summed E-state index contributed by atoms with van der Waals surface area (Å²) in [4.78, 5) is 10.7. The van der Waals surface area contributed by atoms with Gasteiger partial charge in [0.15, 0.2) is 0 Å². The molecular formula is C17H14Cl2N4O. The topological polar surface area (TPSA) is 72.4 Å². The predicted octanol–water partition coefficient (Wildman–Crippen LogP) is 4.00. The van der Waals surface area contributed by atoms with Crippen molar-refractivity contribution < 1.29 is 4.79 Å². The molecule has 0 unspecified atom stereocenters. The van der Waals surface area contributed by atoms with Crippen LogP contribution in [0.5, 0.6) is 0 Å². The van der Waals surface area contributed by atoms with Crippen LogP contribution in [0.3, 0.4) is 0 Å². The lowest BCUT2D eigenvalue weighted by molar-refractivity contribution is 0.249. The Kier molecular flexibility index (Phi) is 4.74. The molecule has 0 atom stereocenters. The van der Waals surface area contributed by atoms with E-state index < -0.39 is 6.03 Å². The first-order valence-corrected chi connectivity index (χ1v) is 7.90. The molecule has 1 heterocycles. The molecule has 2 amide bonds. The Morgan fingerprint density at radius 2 is 2.00 bits per heavy atom. The molecule has 3 rings (SSSR count). The molecule has 0 radical (unpaired) electrons. The number of fused-ring (bicyclic) bond motifs is 1. The van der Waals surface area contributed by atoms with E-state index in [1.54, 1.807) is 12.3 Å². The van der Waals surface area contributed by atoms with Gasteiger partial charge in [0.05, 0.1) is 16.3 Å². The van der Waals surface area contributed by atoms with Gasteiger partial charge < -0.3 is 10.3 Å². The molecule has 0 aliphatic rings. The van der Waals surface area contributed by atoms with Gasteiger partial charge in [0.1, 0.15) is 0 Å². The minimum atomic E-state index is -0.703. The summed E-state index contributed by atoms with van der Waals surface area (Å²) in [6.45, 7) is 0.633. The third-order valence-electron chi connectivity index (χ3n) is 3.53. The fourth-order valence-corrected chi connectivity index (χ4v) is 2.83. The second-order valence-electron chi connectivity index (χ2n) is 5.21. The number of benzene rings is 2. The first-order chi connectivity index (χ1) is 11.5. The number of primary amides is 1. The molecule has 0 bridgehead atoms. The van der Waals surface area contributed by atoms with Crippen LogP contribution < -0.4 is 11.2 Å². The number of aromatic nitrogens is 1.